The van der Waals surface area contributed by atoms with Crippen molar-refractivity contribution in [2.75, 3.05) is 44.0 Å². The van der Waals surface area contributed by atoms with Crippen LogP contribution in [0, 0.1) is 6.92 Å². The topological polar surface area (TPSA) is 48.4 Å². The van der Waals surface area contributed by atoms with Crippen LogP contribution in [0.4, 0.5) is 11.8 Å². The number of aromatic nitrogens is 3. The molecule has 0 unspecified atom stereocenters. The maximum Gasteiger partial charge on any atom is 0.226 e. The summed E-state index contributed by atoms with van der Waals surface area (Å²) in [6.07, 6.45) is 6.01. The van der Waals surface area contributed by atoms with Crippen LogP contribution in [0.5, 0.6) is 0 Å². The molecule has 3 rings (SSSR count). The number of pyridine rings is 1. The van der Waals surface area contributed by atoms with E-state index in [0.717, 1.165) is 44.2 Å². The number of hydrogen-bond donors (Lipinski definition) is 0. The van der Waals surface area contributed by atoms with Crippen LogP contribution in [0.1, 0.15) is 24.1 Å². The van der Waals surface area contributed by atoms with Crippen molar-refractivity contribution in [3.05, 3.63) is 41.9 Å². The van der Waals surface area contributed by atoms with Gasteiger partial charge in [0.25, 0.3) is 0 Å². The third-order valence-corrected chi connectivity index (χ3v) is 4.99. The number of anilines is 2. The third-order valence-electron chi connectivity index (χ3n) is 4.99. The zero-order valence-corrected chi connectivity index (χ0v) is 15.7. The van der Waals surface area contributed by atoms with Gasteiger partial charge in [0.2, 0.25) is 5.95 Å². The van der Waals surface area contributed by atoms with Crippen molar-refractivity contribution in [1.82, 2.24) is 19.9 Å². The molecule has 6 heteroatoms. The van der Waals surface area contributed by atoms with Crippen LogP contribution in [0.25, 0.3) is 0 Å². The van der Waals surface area contributed by atoms with Crippen molar-refractivity contribution >= 4 is 11.8 Å². The lowest BCUT2D eigenvalue weighted by atomic mass is 10.0. The fourth-order valence-electron chi connectivity index (χ4n) is 3.30. The van der Waals surface area contributed by atoms with Crippen LogP contribution in [-0.4, -0.2) is 60.1 Å². The van der Waals surface area contributed by atoms with Crippen molar-refractivity contribution in [2.24, 2.45) is 0 Å². The first-order valence-corrected chi connectivity index (χ1v) is 8.90. The zero-order valence-electron chi connectivity index (χ0n) is 15.7. The van der Waals surface area contributed by atoms with Gasteiger partial charge in [-0.1, -0.05) is 6.07 Å². The van der Waals surface area contributed by atoms with Gasteiger partial charge in [0, 0.05) is 59.2 Å². The van der Waals surface area contributed by atoms with Crippen molar-refractivity contribution in [2.45, 2.75) is 32.4 Å². The van der Waals surface area contributed by atoms with Crippen LogP contribution < -0.4 is 9.80 Å². The Labute approximate surface area is 150 Å². The molecular weight excluding hydrogens is 312 g/mol. The van der Waals surface area contributed by atoms with Crippen molar-refractivity contribution < 1.29 is 0 Å². The van der Waals surface area contributed by atoms with E-state index in [0.29, 0.717) is 6.04 Å². The quantitative estimate of drug-likeness (QED) is 0.833. The molecule has 0 bridgehead atoms. The van der Waals surface area contributed by atoms with Gasteiger partial charge < -0.3 is 9.80 Å². The molecule has 0 aromatic carbocycles. The van der Waals surface area contributed by atoms with Gasteiger partial charge in [-0.2, -0.15) is 4.98 Å². The van der Waals surface area contributed by atoms with E-state index < -0.39 is 0 Å². The third kappa shape index (κ3) is 4.25. The van der Waals surface area contributed by atoms with Crippen LogP contribution in [0.2, 0.25) is 0 Å². The first-order valence-electron chi connectivity index (χ1n) is 8.90. The Morgan fingerprint density at radius 3 is 2.52 bits per heavy atom. The highest BCUT2D eigenvalue weighted by Gasteiger charge is 2.24. The van der Waals surface area contributed by atoms with Gasteiger partial charge in [0.15, 0.2) is 0 Å². The zero-order chi connectivity index (χ0) is 17.8. The van der Waals surface area contributed by atoms with E-state index in [2.05, 4.69) is 44.8 Å². The second kappa shape index (κ2) is 7.78. The second-order valence-electron chi connectivity index (χ2n) is 6.99. The SMILES string of the molecule is Cc1cccnc1CN1CCC(N(C)c2ccnc(N(C)C)n2)CC1. The Bertz CT molecular complexity index is 694. The molecule has 0 amide bonds. The van der Waals surface area contributed by atoms with Gasteiger partial charge in [-0.05, 0) is 37.5 Å². The summed E-state index contributed by atoms with van der Waals surface area (Å²) in [5.74, 6) is 1.75. The van der Waals surface area contributed by atoms with E-state index in [1.54, 1.807) is 0 Å². The minimum absolute atomic E-state index is 0.519. The molecule has 0 N–H and O–H groups in total. The smallest absolute Gasteiger partial charge is 0.226 e. The summed E-state index contributed by atoms with van der Waals surface area (Å²) in [4.78, 5) is 20.2. The molecule has 0 spiro atoms. The highest BCUT2D eigenvalue weighted by molar-refractivity contribution is 5.43. The number of likely N-dealkylation sites (tertiary alicyclic amines) is 1. The van der Waals surface area contributed by atoms with Gasteiger partial charge in [-0.3, -0.25) is 9.88 Å². The lowest BCUT2D eigenvalue weighted by Crippen LogP contribution is -2.43. The normalized spacial score (nSPS) is 16.0. The fraction of sp³-hybridized carbons (Fsp3) is 0.526. The summed E-state index contributed by atoms with van der Waals surface area (Å²) in [7, 11) is 6.08. The van der Waals surface area contributed by atoms with E-state index in [1.807, 2.05) is 43.5 Å². The van der Waals surface area contributed by atoms with E-state index >= 15 is 0 Å². The number of rotatable bonds is 5. The summed E-state index contributed by atoms with van der Waals surface area (Å²) in [5, 5.41) is 0. The Balaban J connectivity index is 1.58. The van der Waals surface area contributed by atoms with Gasteiger partial charge in [0.1, 0.15) is 5.82 Å². The Kier molecular flexibility index (Phi) is 5.48. The average Bonchev–Trinajstić information content (AvgIpc) is 2.64. The van der Waals surface area contributed by atoms with Crippen LogP contribution in [0.3, 0.4) is 0 Å². The molecule has 1 fully saturated rings. The summed E-state index contributed by atoms with van der Waals surface area (Å²) < 4.78 is 0. The molecule has 3 heterocycles. The first kappa shape index (κ1) is 17.6. The van der Waals surface area contributed by atoms with Gasteiger partial charge in [0.05, 0.1) is 5.69 Å². The minimum Gasteiger partial charge on any atom is -0.356 e. The van der Waals surface area contributed by atoms with Crippen molar-refractivity contribution in [3.63, 3.8) is 0 Å². The first-order chi connectivity index (χ1) is 12.0. The van der Waals surface area contributed by atoms with E-state index in [-0.39, 0.29) is 0 Å². The molecule has 0 saturated carbocycles. The predicted octanol–water partition coefficient (Wildman–Crippen LogP) is 2.35. The maximum atomic E-state index is 4.66. The van der Waals surface area contributed by atoms with Gasteiger partial charge >= 0.3 is 0 Å². The van der Waals surface area contributed by atoms with Crippen LogP contribution >= 0.6 is 0 Å². The molecule has 0 radical (unpaired) electrons. The summed E-state index contributed by atoms with van der Waals surface area (Å²) in [6.45, 7) is 5.27. The fourth-order valence-corrected chi connectivity index (χ4v) is 3.30. The molecule has 0 aliphatic carbocycles. The predicted molar refractivity (Wildman–Crippen MR) is 102 cm³/mol. The second-order valence-corrected chi connectivity index (χ2v) is 6.99. The molecule has 2 aromatic heterocycles. The molecule has 1 aliphatic heterocycles. The molecule has 134 valence electrons. The molecule has 2 aromatic rings. The molecule has 1 aliphatic rings. The van der Waals surface area contributed by atoms with E-state index in [9.17, 15) is 0 Å². The summed E-state index contributed by atoms with van der Waals surface area (Å²) in [6, 6.07) is 6.66. The maximum absolute atomic E-state index is 4.66. The molecule has 25 heavy (non-hydrogen) atoms. The molecule has 6 nitrogen and oxygen atoms in total. The monoisotopic (exact) mass is 340 g/mol. The number of hydrogen-bond acceptors (Lipinski definition) is 6. The number of piperidine rings is 1. The molecule has 0 atom stereocenters. The Morgan fingerprint density at radius 2 is 1.84 bits per heavy atom. The molecule has 1 saturated heterocycles. The summed E-state index contributed by atoms with van der Waals surface area (Å²) >= 11 is 0. The largest absolute Gasteiger partial charge is 0.356 e. The Morgan fingerprint density at radius 1 is 1.08 bits per heavy atom. The number of aryl methyl sites for hydroxylation is 1. The van der Waals surface area contributed by atoms with Crippen molar-refractivity contribution in [3.8, 4) is 0 Å². The summed E-state index contributed by atoms with van der Waals surface area (Å²) in [5.41, 5.74) is 2.47. The van der Waals surface area contributed by atoms with Crippen molar-refractivity contribution in [1.29, 1.82) is 0 Å². The van der Waals surface area contributed by atoms with E-state index in [4.69, 9.17) is 0 Å². The average molecular weight is 340 g/mol. The lowest BCUT2D eigenvalue weighted by molar-refractivity contribution is 0.201. The molecular formula is C19H28N6. The highest BCUT2D eigenvalue weighted by atomic mass is 15.3. The lowest BCUT2D eigenvalue weighted by Gasteiger charge is -2.37. The minimum atomic E-state index is 0.519. The Hall–Kier alpha value is -2.21. The highest BCUT2D eigenvalue weighted by Crippen LogP contribution is 2.22. The van der Waals surface area contributed by atoms with Crippen LogP contribution in [-0.2, 0) is 6.54 Å². The standard InChI is InChI=1S/C19H28N6/c1-15-6-5-10-20-17(15)14-25-12-8-16(9-13-25)24(4)18-7-11-21-19(22-18)23(2)3/h5-7,10-11,16H,8-9,12-14H2,1-4H3. The van der Waals surface area contributed by atoms with Crippen LogP contribution in [0.15, 0.2) is 30.6 Å². The van der Waals surface area contributed by atoms with E-state index in [1.165, 1.54) is 11.3 Å². The number of nitrogens with zero attached hydrogens (tertiary/aromatic N) is 6. The van der Waals surface area contributed by atoms with Gasteiger partial charge in [-0.15, -0.1) is 0 Å². The van der Waals surface area contributed by atoms with Gasteiger partial charge in [-0.25, -0.2) is 4.98 Å².